The SMILES string of the molecule is COC(=O)c1ccc(OC)c(CCN)c1.Cl. The molecular formula is C11H16ClNO3. The average molecular weight is 246 g/mol. The molecule has 0 saturated carbocycles. The highest BCUT2D eigenvalue weighted by Crippen LogP contribution is 2.20. The summed E-state index contributed by atoms with van der Waals surface area (Å²) >= 11 is 0. The molecule has 4 nitrogen and oxygen atoms in total. The summed E-state index contributed by atoms with van der Waals surface area (Å²) in [5.41, 5.74) is 6.91. The van der Waals surface area contributed by atoms with E-state index < -0.39 is 0 Å². The van der Waals surface area contributed by atoms with Crippen molar-refractivity contribution in [3.63, 3.8) is 0 Å². The molecule has 0 fully saturated rings. The van der Waals surface area contributed by atoms with Crippen LogP contribution in [-0.4, -0.2) is 26.7 Å². The third-order valence-electron chi connectivity index (χ3n) is 2.12. The van der Waals surface area contributed by atoms with Crippen molar-refractivity contribution in [2.45, 2.75) is 6.42 Å². The van der Waals surface area contributed by atoms with Crippen molar-refractivity contribution in [2.75, 3.05) is 20.8 Å². The molecule has 16 heavy (non-hydrogen) atoms. The van der Waals surface area contributed by atoms with Crippen LogP contribution in [0.4, 0.5) is 0 Å². The molecule has 0 aliphatic carbocycles. The molecule has 0 aliphatic rings. The number of methoxy groups -OCH3 is 2. The van der Waals surface area contributed by atoms with Gasteiger partial charge >= 0.3 is 5.97 Å². The van der Waals surface area contributed by atoms with Gasteiger partial charge in [0.15, 0.2) is 0 Å². The van der Waals surface area contributed by atoms with Crippen LogP contribution < -0.4 is 10.5 Å². The zero-order chi connectivity index (χ0) is 11.3. The second-order valence-corrected chi connectivity index (χ2v) is 3.06. The maximum absolute atomic E-state index is 11.3. The summed E-state index contributed by atoms with van der Waals surface area (Å²) in [6, 6.07) is 5.17. The summed E-state index contributed by atoms with van der Waals surface area (Å²) in [7, 11) is 2.95. The minimum atomic E-state index is -0.351. The lowest BCUT2D eigenvalue weighted by Crippen LogP contribution is -2.07. The Bertz CT molecular complexity index is 355. The van der Waals surface area contributed by atoms with Gasteiger partial charge in [0.1, 0.15) is 5.75 Å². The van der Waals surface area contributed by atoms with Crippen LogP contribution in [0.2, 0.25) is 0 Å². The molecule has 1 rings (SSSR count). The maximum atomic E-state index is 11.3. The fraction of sp³-hybridized carbons (Fsp3) is 0.364. The van der Waals surface area contributed by atoms with Gasteiger partial charge in [0.05, 0.1) is 19.8 Å². The van der Waals surface area contributed by atoms with Crippen molar-refractivity contribution < 1.29 is 14.3 Å². The number of hydrogen-bond donors (Lipinski definition) is 1. The topological polar surface area (TPSA) is 61.5 Å². The molecule has 0 radical (unpaired) electrons. The zero-order valence-electron chi connectivity index (χ0n) is 9.36. The Morgan fingerprint density at radius 1 is 1.38 bits per heavy atom. The van der Waals surface area contributed by atoms with Gasteiger partial charge in [0.25, 0.3) is 0 Å². The fourth-order valence-electron chi connectivity index (χ4n) is 1.37. The minimum absolute atomic E-state index is 0. The van der Waals surface area contributed by atoms with Crippen LogP contribution in [0.3, 0.4) is 0 Å². The summed E-state index contributed by atoms with van der Waals surface area (Å²) in [6.07, 6.45) is 0.675. The highest BCUT2D eigenvalue weighted by Gasteiger charge is 2.09. The van der Waals surface area contributed by atoms with E-state index in [1.807, 2.05) is 0 Å². The Kier molecular flexibility index (Phi) is 6.53. The van der Waals surface area contributed by atoms with Crippen LogP contribution in [-0.2, 0) is 11.2 Å². The van der Waals surface area contributed by atoms with E-state index in [1.54, 1.807) is 25.3 Å². The quantitative estimate of drug-likeness (QED) is 0.815. The molecule has 1 aromatic rings. The van der Waals surface area contributed by atoms with Gasteiger partial charge in [-0.1, -0.05) is 0 Å². The predicted molar refractivity (Wildman–Crippen MR) is 64.3 cm³/mol. The van der Waals surface area contributed by atoms with E-state index in [2.05, 4.69) is 4.74 Å². The van der Waals surface area contributed by atoms with Gasteiger partial charge < -0.3 is 15.2 Å². The van der Waals surface area contributed by atoms with Crippen molar-refractivity contribution in [1.82, 2.24) is 0 Å². The molecule has 90 valence electrons. The normalized spacial score (nSPS) is 9.19. The van der Waals surface area contributed by atoms with E-state index >= 15 is 0 Å². The number of halogens is 1. The van der Waals surface area contributed by atoms with Gasteiger partial charge in [-0.15, -0.1) is 12.4 Å². The van der Waals surface area contributed by atoms with Gasteiger partial charge in [0, 0.05) is 0 Å². The van der Waals surface area contributed by atoms with Crippen molar-refractivity contribution in [1.29, 1.82) is 0 Å². The van der Waals surface area contributed by atoms with Crippen LogP contribution in [0.1, 0.15) is 15.9 Å². The van der Waals surface area contributed by atoms with E-state index in [0.717, 1.165) is 11.3 Å². The van der Waals surface area contributed by atoms with Crippen molar-refractivity contribution in [2.24, 2.45) is 5.73 Å². The number of nitrogens with two attached hydrogens (primary N) is 1. The van der Waals surface area contributed by atoms with E-state index in [0.29, 0.717) is 18.5 Å². The number of ether oxygens (including phenoxy) is 2. The standard InChI is InChI=1S/C11H15NO3.ClH/c1-14-10-4-3-9(11(13)15-2)7-8(10)5-6-12;/h3-4,7H,5-6,12H2,1-2H3;1H. The van der Waals surface area contributed by atoms with Gasteiger partial charge in [-0.3, -0.25) is 0 Å². The van der Waals surface area contributed by atoms with Crippen LogP contribution in [0.15, 0.2) is 18.2 Å². The first kappa shape index (κ1) is 14.7. The van der Waals surface area contributed by atoms with E-state index in [4.69, 9.17) is 10.5 Å². The Hall–Kier alpha value is -1.26. The molecular weight excluding hydrogens is 230 g/mol. The molecule has 0 unspecified atom stereocenters. The average Bonchev–Trinajstić information content (AvgIpc) is 2.28. The van der Waals surface area contributed by atoms with Gasteiger partial charge in [-0.25, -0.2) is 4.79 Å². The fourth-order valence-corrected chi connectivity index (χ4v) is 1.37. The number of benzene rings is 1. The first-order chi connectivity index (χ1) is 7.22. The molecule has 0 saturated heterocycles. The Labute approximate surface area is 101 Å². The van der Waals surface area contributed by atoms with Crippen molar-refractivity contribution in [3.8, 4) is 5.75 Å². The number of rotatable bonds is 4. The van der Waals surface area contributed by atoms with E-state index in [1.165, 1.54) is 7.11 Å². The predicted octanol–water partition coefficient (Wildman–Crippen LogP) is 1.40. The lowest BCUT2D eigenvalue weighted by molar-refractivity contribution is 0.0600. The number of hydrogen-bond acceptors (Lipinski definition) is 4. The number of esters is 1. The van der Waals surface area contributed by atoms with Gasteiger partial charge in [-0.05, 0) is 36.7 Å². The summed E-state index contributed by atoms with van der Waals surface area (Å²) in [4.78, 5) is 11.3. The largest absolute Gasteiger partial charge is 0.496 e. The Morgan fingerprint density at radius 3 is 2.56 bits per heavy atom. The van der Waals surface area contributed by atoms with Crippen LogP contribution in [0.25, 0.3) is 0 Å². The first-order valence-corrected chi connectivity index (χ1v) is 4.68. The van der Waals surface area contributed by atoms with Gasteiger partial charge in [0.2, 0.25) is 0 Å². The van der Waals surface area contributed by atoms with Gasteiger partial charge in [-0.2, -0.15) is 0 Å². The molecule has 0 amide bonds. The highest BCUT2D eigenvalue weighted by molar-refractivity contribution is 5.89. The lowest BCUT2D eigenvalue weighted by Gasteiger charge is -2.08. The summed E-state index contributed by atoms with van der Waals surface area (Å²) in [5.74, 6) is 0.393. The molecule has 0 aliphatic heterocycles. The Balaban J connectivity index is 0.00000225. The molecule has 0 bridgehead atoms. The van der Waals surface area contributed by atoms with Crippen molar-refractivity contribution >= 4 is 18.4 Å². The zero-order valence-corrected chi connectivity index (χ0v) is 10.2. The van der Waals surface area contributed by atoms with E-state index in [-0.39, 0.29) is 18.4 Å². The van der Waals surface area contributed by atoms with Crippen LogP contribution in [0, 0.1) is 0 Å². The highest BCUT2D eigenvalue weighted by atomic mass is 35.5. The van der Waals surface area contributed by atoms with Crippen molar-refractivity contribution in [3.05, 3.63) is 29.3 Å². The summed E-state index contributed by atoms with van der Waals surface area (Å²) in [6.45, 7) is 0.515. The van der Waals surface area contributed by atoms with Crippen LogP contribution >= 0.6 is 12.4 Å². The maximum Gasteiger partial charge on any atom is 0.337 e. The molecule has 1 aromatic carbocycles. The Morgan fingerprint density at radius 2 is 2.06 bits per heavy atom. The third-order valence-corrected chi connectivity index (χ3v) is 2.12. The molecule has 5 heteroatoms. The second-order valence-electron chi connectivity index (χ2n) is 3.06. The number of carbonyl (C=O) groups is 1. The smallest absolute Gasteiger partial charge is 0.337 e. The third kappa shape index (κ3) is 3.40. The molecule has 0 heterocycles. The molecule has 0 atom stereocenters. The second kappa shape index (κ2) is 7.09. The molecule has 0 aromatic heterocycles. The minimum Gasteiger partial charge on any atom is -0.496 e. The first-order valence-electron chi connectivity index (χ1n) is 4.68. The summed E-state index contributed by atoms with van der Waals surface area (Å²) < 4.78 is 9.79. The molecule has 2 N–H and O–H groups in total. The monoisotopic (exact) mass is 245 g/mol. The lowest BCUT2D eigenvalue weighted by atomic mass is 10.1. The number of carbonyl (C=O) groups excluding carboxylic acids is 1. The van der Waals surface area contributed by atoms with E-state index in [9.17, 15) is 4.79 Å². The summed E-state index contributed by atoms with van der Waals surface area (Å²) in [5, 5.41) is 0. The molecule has 0 spiro atoms. The van der Waals surface area contributed by atoms with Crippen LogP contribution in [0.5, 0.6) is 5.75 Å².